The van der Waals surface area contributed by atoms with Crippen LogP contribution in [0.15, 0.2) is 64.6 Å². The standard InChI is InChI=1S/C19H15F3N4O3S/c1-12(27)25-23-11-15-8-5-13-3-2-4-17(18(13)24-15)26-30(28,29)16-9-6-14(7-10-16)19(20,21)22/h2-11,26H,1H3,(H,25,27)/b23-11-. The van der Waals surface area contributed by atoms with E-state index in [9.17, 15) is 26.4 Å². The summed E-state index contributed by atoms with van der Waals surface area (Å²) in [5, 5.41) is 4.33. The number of hydrogen-bond donors (Lipinski definition) is 2. The zero-order chi connectivity index (χ0) is 21.9. The van der Waals surface area contributed by atoms with Gasteiger partial charge in [0.1, 0.15) is 0 Å². The summed E-state index contributed by atoms with van der Waals surface area (Å²) in [6.07, 6.45) is -3.27. The minimum absolute atomic E-state index is 0.141. The second-order valence-corrected chi connectivity index (χ2v) is 7.85. The summed E-state index contributed by atoms with van der Waals surface area (Å²) >= 11 is 0. The number of nitrogens with zero attached hydrogens (tertiary/aromatic N) is 2. The number of carbonyl (C=O) groups is 1. The van der Waals surface area contributed by atoms with Gasteiger partial charge < -0.3 is 0 Å². The minimum Gasteiger partial charge on any atom is -0.277 e. The van der Waals surface area contributed by atoms with Gasteiger partial charge in [0.05, 0.1) is 33.6 Å². The first-order chi connectivity index (χ1) is 14.1. The maximum atomic E-state index is 12.7. The molecule has 30 heavy (non-hydrogen) atoms. The number of anilines is 1. The molecule has 0 bridgehead atoms. The molecule has 0 radical (unpaired) electrons. The molecule has 0 aliphatic heterocycles. The Bertz CT molecular complexity index is 1220. The van der Waals surface area contributed by atoms with Crippen molar-refractivity contribution in [3.8, 4) is 0 Å². The van der Waals surface area contributed by atoms with Crippen molar-refractivity contribution in [2.45, 2.75) is 18.0 Å². The second-order valence-electron chi connectivity index (χ2n) is 6.17. The van der Waals surface area contributed by atoms with E-state index in [1.165, 1.54) is 19.2 Å². The van der Waals surface area contributed by atoms with Crippen LogP contribution in [0.4, 0.5) is 18.9 Å². The van der Waals surface area contributed by atoms with Gasteiger partial charge in [0.2, 0.25) is 5.91 Å². The van der Waals surface area contributed by atoms with Crippen molar-refractivity contribution in [1.29, 1.82) is 0 Å². The van der Waals surface area contributed by atoms with E-state index >= 15 is 0 Å². The Hall–Kier alpha value is -3.47. The predicted molar refractivity (Wildman–Crippen MR) is 105 cm³/mol. The molecule has 1 amide bonds. The molecule has 0 spiro atoms. The van der Waals surface area contributed by atoms with E-state index < -0.39 is 21.8 Å². The normalized spacial score (nSPS) is 12.3. The van der Waals surface area contributed by atoms with Crippen LogP contribution in [-0.4, -0.2) is 25.5 Å². The quantitative estimate of drug-likeness (QED) is 0.472. The van der Waals surface area contributed by atoms with E-state index in [4.69, 9.17) is 0 Å². The van der Waals surface area contributed by atoms with Gasteiger partial charge in [-0.1, -0.05) is 18.2 Å². The van der Waals surface area contributed by atoms with E-state index in [0.29, 0.717) is 28.7 Å². The van der Waals surface area contributed by atoms with Crippen LogP contribution in [0.5, 0.6) is 0 Å². The number of para-hydroxylation sites is 1. The van der Waals surface area contributed by atoms with Crippen molar-refractivity contribution in [1.82, 2.24) is 10.4 Å². The number of aromatic nitrogens is 1. The monoisotopic (exact) mass is 436 g/mol. The lowest BCUT2D eigenvalue weighted by Gasteiger charge is -2.12. The highest BCUT2D eigenvalue weighted by molar-refractivity contribution is 7.92. The second kappa shape index (κ2) is 8.11. The number of rotatable bonds is 5. The number of amides is 1. The van der Waals surface area contributed by atoms with Crippen LogP contribution in [-0.2, 0) is 21.0 Å². The number of hydrazone groups is 1. The van der Waals surface area contributed by atoms with Crippen molar-refractivity contribution in [3.05, 3.63) is 65.9 Å². The molecule has 156 valence electrons. The average Bonchev–Trinajstić information content (AvgIpc) is 2.67. The molecule has 1 aromatic heterocycles. The molecule has 0 atom stereocenters. The minimum atomic E-state index is -4.57. The summed E-state index contributed by atoms with van der Waals surface area (Å²) in [7, 11) is -4.16. The first kappa shape index (κ1) is 21.2. The molecule has 0 aliphatic rings. The molecule has 3 rings (SSSR count). The fraction of sp³-hybridized carbons (Fsp3) is 0.105. The zero-order valence-electron chi connectivity index (χ0n) is 15.4. The number of fused-ring (bicyclic) bond motifs is 1. The van der Waals surface area contributed by atoms with Crippen molar-refractivity contribution in [2.24, 2.45) is 5.10 Å². The third-order valence-electron chi connectivity index (χ3n) is 3.90. The topological polar surface area (TPSA) is 101 Å². The molecule has 0 aliphatic carbocycles. The van der Waals surface area contributed by atoms with E-state index in [-0.39, 0.29) is 16.5 Å². The third kappa shape index (κ3) is 4.92. The Morgan fingerprint density at radius 2 is 1.77 bits per heavy atom. The van der Waals surface area contributed by atoms with Crippen LogP contribution in [0.25, 0.3) is 10.9 Å². The van der Waals surface area contributed by atoms with Crippen molar-refractivity contribution < 1.29 is 26.4 Å². The van der Waals surface area contributed by atoms with Crippen LogP contribution in [0.1, 0.15) is 18.2 Å². The summed E-state index contributed by atoms with van der Waals surface area (Å²) < 4.78 is 65.7. The highest BCUT2D eigenvalue weighted by atomic mass is 32.2. The smallest absolute Gasteiger partial charge is 0.277 e. The predicted octanol–water partition coefficient (Wildman–Crippen LogP) is 3.52. The van der Waals surface area contributed by atoms with Gasteiger partial charge in [-0.25, -0.2) is 18.8 Å². The fourth-order valence-corrected chi connectivity index (χ4v) is 3.60. The summed E-state index contributed by atoms with van der Waals surface area (Å²) in [6, 6.07) is 11.3. The van der Waals surface area contributed by atoms with Crippen LogP contribution in [0, 0.1) is 0 Å². The third-order valence-corrected chi connectivity index (χ3v) is 5.28. The Morgan fingerprint density at radius 1 is 1.07 bits per heavy atom. The van der Waals surface area contributed by atoms with Gasteiger partial charge in [-0.3, -0.25) is 9.52 Å². The lowest BCUT2D eigenvalue weighted by atomic mass is 10.2. The van der Waals surface area contributed by atoms with Gasteiger partial charge in [0.25, 0.3) is 10.0 Å². The van der Waals surface area contributed by atoms with Crippen molar-refractivity contribution in [3.63, 3.8) is 0 Å². The number of halogens is 3. The molecule has 0 saturated carbocycles. The Morgan fingerprint density at radius 3 is 2.40 bits per heavy atom. The number of carbonyl (C=O) groups excluding carboxylic acids is 1. The van der Waals surface area contributed by atoms with Gasteiger partial charge in [-0.2, -0.15) is 18.3 Å². The zero-order valence-corrected chi connectivity index (χ0v) is 16.3. The number of hydrogen-bond acceptors (Lipinski definition) is 5. The largest absolute Gasteiger partial charge is 0.416 e. The first-order valence-corrected chi connectivity index (χ1v) is 9.94. The Labute approximate surface area is 169 Å². The summed E-state index contributed by atoms with van der Waals surface area (Å²) in [5.41, 5.74) is 2.09. The van der Waals surface area contributed by atoms with E-state index in [1.807, 2.05) is 0 Å². The van der Waals surface area contributed by atoms with Gasteiger partial charge in [0.15, 0.2) is 0 Å². The lowest BCUT2D eigenvalue weighted by molar-refractivity contribution is -0.137. The van der Waals surface area contributed by atoms with Crippen LogP contribution >= 0.6 is 0 Å². The van der Waals surface area contributed by atoms with E-state index in [1.54, 1.807) is 24.3 Å². The lowest BCUT2D eigenvalue weighted by Crippen LogP contribution is -2.14. The van der Waals surface area contributed by atoms with Crippen LogP contribution in [0.2, 0.25) is 0 Å². The van der Waals surface area contributed by atoms with Gasteiger partial charge >= 0.3 is 6.18 Å². The number of sulfonamides is 1. The van der Waals surface area contributed by atoms with E-state index in [2.05, 4.69) is 20.2 Å². The van der Waals surface area contributed by atoms with Crippen LogP contribution < -0.4 is 10.1 Å². The number of nitrogens with one attached hydrogen (secondary N) is 2. The average molecular weight is 436 g/mol. The maximum absolute atomic E-state index is 12.7. The summed E-state index contributed by atoms with van der Waals surface area (Å²) in [4.78, 5) is 14.9. The molecule has 11 heteroatoms. The molecule has 0 fully saturated rings. The number of benzene rings is 2. The van der Waals surface area contributed by atoms with Gasteiger partial charge in [-0.15, -0.1) is 0 Å². The molecule has 2 N–H and O–H groups in total. The first-order valence-electron chi connectivity index (χ1n) is 8.46. The summed E-state index contributed by atoms with van der Waals surface area (Å²) in [5.74, 6) is -0.364. The summed E-state index contributed by atoms with van der Waals surface area (Å²) in [6.45, 7) is 1.29. The molecule has 1 heterocycles. The van der Waals surface area contributed by atoms with Gasteiger partial charge in [0, 0.05) is 12.3 Å². The number of alkyl halides is 3. The Kier molecular flexibility index (Phi) is 5.74. The molecule has 3 aromatic rings. The van der Waals surface area contributed by atoms with E-state index in [0.717, 1.165) is 12.1 Å². The Balaban J connectivity index is 1.94. The molecule has 7 nitrogen and oxygen atoms in total. The van der Waals surface area contributed by atoms with Gasteiger partial charge in [-0.05, 0) is 36.4 Å². The van der Waals surface area contributed by atoms with Crippen molar-refractivity contribution in [2.75, 3.05) is 4.72 Å². The molecule has 0 saturated heterocycles. The van der Waals surface area contributed by atoms with Crippen LogP contribution in [0.3, 0.4) is 0 Å². The fourth-order valence-electron chi connectivity index (χ4n) is 2.53. The van der Waals surface area contributed by atoms with Crippen molar-refractivity contribution >= 4 is 38.7 Å². The molecular formula is C19H15F3N4O3S. The molecule has 0 unspecified atom stereocenters. The molecule has 2 aromatic carbocycles. The number of pyridine rings is 1. The highest BCUT2D eigenvalue weighted by Gasteiger charge is 2.30. The maximum Gasteiger partial charge on any atom is 0.416 e. The highest BCUT2D eigenvalue weighted by Crippen LogP contribution is 2.30. The SMILES string of the molecule is CC(=O)N/N=C\c1ccc2cccc(NS(=O)(=O)c3ccc(C(F)(F)F)cc3)c2n1. The molecular weight excluding hydrogens is 421 g/mol.